The molecule has 1 amide bonds. The minimum Gasteiger partial charge on any atom is -0.366 e. The van der Waals surface area contributed by atoms with E-state index in [2.05, 4.69) is 17.1 Å². The molecule has 1 saturated carbocycles. The Morgan fingerprint density at radius 2 is 1.88 bits per heavy atom. The van der Waals surface area contributed by atoms with E-state index in [0.29, 0.717) is 17.2 Å². The fourth-order valence-corrected chi connectivity index (χ4v) is 4.00. The number of carbonyl (C=O) groups is 1. The first-order valence-electron chi connectivity index (χ1n) is 9.40. The van der Waals surface area contributed by atoms with Crippen LogP contribution in [0.1, 0.15) is 62.2 Å². The van der Waals surface area contributed by atoms with Gasteiger partial charge in [0.05, 0.1) is 4.92 Å². The third-order valence-electron chi connectivity index (χ3n) is 5.56. The molecule has 0 bridgehead atoms. The Hall–Kier alpha value is -2.11. The lowest BCUT2D eigenvalue weighted by atomic mass is 9.86. The van der Waals surface area contributed by atoms with Gasteiger partial charge in [0.15, 0.2) is 0 Å². The van der Waals surface area contributed by atoms with E-state index in [9.17, 15) is 14.9 Å². The summed E-state index contributed by atoms with van der Waals surface area (Å²) in [4.78, 5) is 25.8. The predicted octanol–water partition coefficient (Wildman–Crippen LogP) is 3.89. The van der Waals surface area contributed by atoms with Crippen molar-refractivity contribution in [3.63, 3.8) is 0 Å². The standard InChI is InChI=1S/C19H27N3O3/c1-14-7-3-4-8-16(14)20-19(23)15-9-10-17(18(13-15)22(24)25)21-11-5-2-6-12-21/h9-10,13-14,16H,2-8,11-12H2,1H3,(H,20,23)/t14-,16+/m1/s1. The van der Waals surface area contributed by atoms with Gasteiger partial charge in [0, 0.05) is 30.8 Å². The van der Waals surface area contributed by atoms with Crippen LogP contribution < -0.4 is 10.2 Å². The summed E-state index contributed by atoms with van der Waals surface area (Å²) in [6.45, 7) is 3.84. The zero-order valence-electron chi connectivity index (χ0n) is 14.9. The van der Waals surface area contributed by atoms with Crippen LogP contribution in [0.3, 0.4) is 0 Å². The molecule has 1 aromatic rings. The molecule has 1 N–H and O–H groups in total. The van der Waals surface area contributed by atoms with Crippen molar-refractivity contribution in [3.05, 3.63) is 33.9 Å². The molecule has 1 saturated heterocycles. The summed E-state index contributed by atoms with van der Waals surface area (Å²) in [6.07, 6.45) is 7.73. The minimum atomic E-state index is -0.371. The van der Waals surface area contributed by atoms with Crippen molar-refractivity contribution in [1.29, 1.82) is 0 Å². The molecular weight excluding hydrogens is 318 g/mol. The first-order chi connectivity index (χ1) is 12.1. The summed E-state index contributed by atoms with van der Waals surface area (Å²) in [5.41, 5.74) is 1.05. The SMILES string of the molecule is C[C@@H]1CCCC[C@@H]1NC(=O)c1ccc(N2CCCCC2)c([N+](=O)[O-])c1. The fraction of sp³-hybridized carbons (Fsp3) is 0.632. The van der Waals surface area contributed by atoms with Gasteiger partial charge < -0.3 is 10.2 Å². The van der Waals surface area contributed by atoms with E-state index in [1.54, 1.807) is 12.1 Å². The summed E-state index contributed by atoms with van der Waals surface area (Å²) in [5.74, 6) is 0.257. The number of nitro benzene ring substituents is 1. The van der Waals surface area contributed by atoms with Gasteiger partial charge in [-0.1, -0.05) is 19.8 Å². The Labute approximate surface area is 148 Å². The molecule has 2 aliphatic rings. The molecule has 2 fully saturated rings. The second kappa shape index (κ2) is 7.85. The summed E-state index contributed by atoms with van der Waals surface area (Å²) in [7, 11) is 0. The van der Waals surface area contributed by atoms with Crippen molar-refractivity contribution < 1.29 is 9.72 Å². The number of hydrogen-bond donors (Lipinski definition) is 1. The van der Waals surface area contributed by atoms with Crippen LogP contribution in [-0.4, -0.2) is 30.0 Å². The van der Waals surface area contributed by atoms with E-state index in [1.807, 2.05) is 0 Å². The summed E-state index contributed by atoms with van der Waals surface area (Å²) < 4.78 is 0. The van der Waals surface area contributed by atoms with Gasteiger partial charge in [-0.3, -0.25) is 14.9 Å². The average Bonchev–Trinajstić information content (AvgIpc) is 2.63. The van der Waals surface area contributed by atoms with Gasteiger partial charge in [-0.05, 0) is 50.2 Å². The van der Waals surface area contributed by atoms with Gasteiger partial charge in [0.2, 0.25) is 0 Å². The molecule has 0 aromatic heterocycles. The molecule has 1 aliphatic carbocycles. The number of nitrogens with zero attached hydrogens (tertiary/aromatic N) is 2. The Kier molecular flexibility index (Phi) is 5.56. The van der Waals surface area contributed by atoms with E-state index in [0.717, 1.165) is 45.2 Å². The number of carbonyl (C=O) groups excluding carboxylic acids is 1. The topological polar surface area (TPSA) is 75.5 Å². The number of nitro groups is 1. The van der Waals surface area contributed by atoms with Crippen LogP contribution in [0.4, 0.5) is 11.4 Å². The number of piperidine rings is 1. The summed E-state index contributed by atoms with van der Waals surface area (Å²) in [6, 6.07) is 5.07. The maximum absolute atomic E-state index is 12.6. The quantitative estimate of drug-likeness (QED) is 0.663. The van der Waals surface area contributed by atoms with Crippen LogP contribution in [-0.2, 0) is 0 Å². The highest BCUT2D eigenvalue weighted by Gasteiger charge is 2.26. The number of rotatable bonds is 4. The average molecular weight is 345 g/mol. The highest BCUT2D eigenvalue weighted by Crippen LogP contribution is 2.31. The summed E-state index contributed by atoms with van der Waals surface area (Å²) in [5, 5.41) is 14.6. The maximum atomic E-state index is 12.6. The molecule has 6 nitrogen and oxygen atoms in total. The van der Waals surface area contributed by atoms with Crippen LogP contribution in [0.15, 0.2) is 18.2 Å². The molecule has 3 rings (SSSR count). The Morgan fingerprint density at radius 3 is 2.56 bits per heavy atom. The van der Waals surface area contributed by atoms with Gasteiger partial charge in [0.25, 0.3) is 11.6 Å². The smallest absolute Gasteiger partial charge is 0.293 e. The monoisotopic (exact) mass is 345 g/mol. The lowest BCUT2D eigenvalue weighted by Gasteiger charge is -2.30. The minimum absolute atomic E-state index is 0.0336. The van der Waals surface area contributed by atoms with Crippen molar-refractivity contribution in [1.82, 2.24) is 5.32 Å². The molecule has 0 spiro atoms. The molecule has 1 aromatic carbocycles. The Bertz CT molecular complexity index is 641. The van der Waals surface area contributed by atoms with Crippen LogP contribution in [0.25, 0.3) is 0 Å². The number of benzene rings is 1. The first-order valence-corrected chi connectivity index (χ1v) is 9.40. The summed E-state index contributed by atoms with van der Waals surface area (Å²) >= 11 is 0. The molecule has 1 aliphatic heterocycles. The number of hydrogen-bond acceptors (Lipinski definition) is 4. The van der Waals surface area contributed by atoms with E-state index in [-0.39, 0.29) is 22.6 Å². The molecule has 1 heterocycles. The molecule has 25 heavy (non-hydrogen) atoms. The van der Waals surface area contributed by atoms with Crippen LogP contribution >= 0.6 is 0 Å². The van der Waals surface area contributed by atoms with Crippen molar-refractivity contribution in [2.75, 3.05) is 18.0 Å². The number of amides is 1. The largest absolute Gasteiger partial charge is 0.366 e. The first kappa shape index (κ1) is 17.7. The van der Waals surface area contributed by atoms with Crippen LogP contribution in [0, 0.1) is 16.0 Å². The third kappa shape index (κ3) is 4.11. The van der Waals surface area contributed by atoms with Crippen LogP contribution in [0.2, 0.25) is 0 Å². The molecular formula is C19H27N3O3. The maximum Gasteiger partial charge on any atom is 0.293 e. The van der Waals surface area contributed by atoms with Gasteiger partial charge in [-0.2, -0.15) is 0 Å². The van der Waals surface area contributed by atoms with Crippen molar-refractivity contribution in [2.24, 2.45) is 5.92 Å². The number of anilines is 1. The second-order valence-corrected chi connectivity index (χ2v) is 7.35. The molecule has 2 atom stereocenters. The predicted molar refractivity (Wildman–Crippen MR) is 98.0 cm³/mol. The molecule has 0 radical (unpaired) electrons. The lowest BCUT2D eigenvalue weighted by molar-refractivity contribution is -0.384. The second-order valence-electron chi connectivity index (χ2n) is 7.35. The molecule has 6 heteroatoms. The third-order valence-corrected chi connectivity index (χ3v) is 5.56. The fourth-order valence-electron chi connectivity index (χ4n) is 4.00. The highest BCUT2D eigenvalue weighted by atomic mass is 16.6. The molecule has 136 valence electrons. The van der Waals surface area contributed by atoms with E-state index < -0.39 is 0 Å². The number of nitrogens with one attached hydrogen (secondary N) is 1. The van der Waals surface area contributed by atoms with Gasteiger partial charge >= 0.3 is 0 Å². The lowest BCUT2D eigenvalue weighted by Crippen LogP contribution is -2.41. The van der Waals surface area contributed by atoms with Gasteiger partial charge in [-0.15, -0.1) is 0 Å². The Balaban J connectivity index is 1.78. The highest BCUT2D eigenvalue weighted by molar-refractivity contribution is 5.96. The van der Waals surface area contributed by atoms with Crippen molar-refractivity contribution in [2.45, 2.75) is 57.9 Å². The normalized spacial score (nSPS) is 24.0. The van der Waals surface area contributed by atoms with Crippen molar-refractivity contribution >= 4 is 17.3 Å². The zero-order valence-corrected chi connectivity index (χ0v) is 14.9. The van der Waals surface area contributed by atoms with Gasteiger partial charge in [-0.25, -0.2) is 0 Å². The van der Waals surface area contributed by atoms with E-state index in [1.165, 1.54) is 18.9 Å². The van der Waals surface area contributed by atoms with Crippen LogP contribution in [0.5, 0.6) is 0 Å². The molecule has 0 unspecified atom stereocenters. The zero-order chi connectivity index (χ0) is 17.8. The van der Waals surface area contributed by atoms with E-state index in [4.69, 9.17) is 0 Å². The van der Waals surface area contributed by atoms with Crippen molar-refractivity contribution in [3.8, 4) is 0 Å². The van der Waals surface area contributed by atoms with E-state index >= 15 is 0 Å². The van der Waals surface area contributed by atoms with Gasteiger partial charge in [0.1, 0.15) is 5.69 Å². The Morgan fingerprint density at radius 1 is 1.16 bits per heavy atom.